The number of benzene rings is 2. The SMILES string of the molecule is CC(=O)Nc1cccc(C(=O)OCC(=O)NCCc2ccccc2)c1. The van der Waals surface area contributed by atoms with Crippen LogP contribution in [0.5, 0.6) is 0 Å². The number of esters is 1. The number of carbonyl (C=O) groups is 3. The summed E-state index contributed by atoms with van der Waals surface area (Å²) >= 11 is 0. The summed E-state index contributed by atoms with van der Waals surface area (Å²) < 4.78 is 4.99. The average molecular weight is 340 g/mol. The van der Waals surface area contributed by atoms with Gasteiger partial charge in [0, 0.05) is 19.2 Å². The number of rotatable bonds is 7. The monoisotopic (exact) mass is 340 g/mol. The van der Waals surface area contributed by atoms with Crippen LogP contribution in [0.1, 0.15) is 22.8 Å². The average Bonchev–Trinajstić information content (AvgIpc) is 2.60. The van der Waals surface area contributed by atoms with E-state index >= 15 is 0 Å². The van der Waals surface area contributed by atoms with Crippen LogP contribution < -0.4 is 10.6 Å². The van der Waals surface area contributed by atoms with Gasteiger partial charge < -0.3 is 15.4 Å². The van der Waals surface area contributed by atoms with Crippen molar-refractivity contribution in [2.75, 3.05) is 18.5 Å². The van der Waals surface area contributed by atoms with E-state index in [1.807, 2.05) is 30.3 Å². The van der Waals surface area contributed by atoms with Gasteiger partial charge in [0.05, 0.1) is 5.56 Å². The molecule has 0 saturated heterocycles. The van der Waals surface area contributed by atoms with E-state index in [0.29, 0.717) is 18.7 Å². The summed E-state index contributed by atoms with van der Waals surface area (Å²) in [7, 11) is 0. The molecule has 0 aliphatic carbocycles. The first-order chi connectivity index (χ1) is 12.0. The van der Waals surface area contributed by atoms with Crippen LogP contribution in [0, 0.1) is 0 Å². The van der Waals surface area contributed by atoms with Gasteiger partial charge in [0.15, 0.2) is 6.61 Å². The van der Waals surface area contributed by atoms with E-state index in [2.05, 4.69) is 10.6 Å². The first-order valence-electron chi connectivity index (χ1n) is 7.90. The topological polar surface area (TPSA) is 84.5 Å². The molecule has 2 amide bonds. The predicted octanol–water partition coefficient (Wildman–Crippen LogP) is 2.16. The lowest BCUT2D eigenvalue weighted by atomic mass is 10.1. The van der Waals surface area contributed by atoms with Gasteiger partial charge in [-0.1, -0.05) is 36.4 Å². The second-order valence-electron chi connectivity index (χ2n) is 5.42. The Bertz CT molecular complexity index is 744. The van der Waals surface area contributed by atoms with Crippen LogP contribution >= 0.6 is 0 Å². The molecule has 0 saturated carbocycles. The summed E-state index contributed by atoms with van der Waals surface area (Å²) in [4.78, 5) is 34.7. The Balaban J connectivity index is 1.75. The van der Waals surface area contributed by atoms with Crippen molar-refractivity contribution in [3.8, 4) is 0 Å². The van der Waals surface area contributed by atoms with Crippen LogP contribution in [0.4, 0.5) is 5.69 Å². The molecule has 0 aromatic heterocycles. The normalized spacial score (nSPS) is 9.96. The number of amides is 2. The van der Waals surface area contributed by atoms with Crippen LogP contribution in [0.25, 0.3) is 0 Å². The van der Waals surface area contributed by atoms with Gasteiger partial charge in [-0.05, 0) is 30.2 Å². The van der Waals surface area contributed by atoms with E-state index in [4.69, 9.17) is 4.74 Å². The van der Waals surface area contributed by atoms with Crippen molar-refractivity contribution in [1.29, 1.82) is 0 Å². The van der Waals surface area contributed by atoms with Crippen molar-refractivity contribution < 1.29 is 19.1 Å². The molecule has 0 unspecified atom stereocenters. The first-order valence-corrected chi connectivity index (χ1v) is 7.90. The van der Waals surface area contributed by atoms with Gasteiger partial charge in [0.1, 0.15) is 0 Å². The number of ether oxygens (including phenoxy) is 1. The highest BCUT2D eigenvalue weighted by atomic mass is 16.5. The Labute approximate surface area is 146 Å². The maximum absolute atomic E-state index is 12.0. The maximum atomic E-state index is 12.0. The van der Waals surface area contributed by atoms with Crippen molar-refractivity contribution in [2.24, 2.45) is 0 Å². The number of hydrogen-bond acceptors (Lipinski definition) is 4. The summed E-state index contributed by atoms with van der Waals surface area (Å²) in [6.45, 7) is 1.50. The number of hydrogen-bond donors (Lipinski definition) is 2. The van der Waals surface area contributed by atoms with Crippen LogP contribution in [0.3, 0.4) is 0 Å². The standard InChI is InChI=1S/C19H20N2O4/c1-14(22)21-17-9-5-8-16(12-17)19(24)25-13-18(23)20-11-10-15-6-3-2-4-7-15/h2-9,12H,10-11,13H2,1H3,(H,20,23)(H,21,22). The number of anilines is 1. The molecule has 0 heterocycles. The third kappa shape index (κ3) is 6.47. The molecule has 0 aliphatic rings. The van der Waals surface area contributed by atoms with Gasteiger partial charge in [0.25, 0.3) is 5.91 Å². The number of nitrogens with one attached hydrogen (secondary N) is 2. The van der Waals surface area contributed by atoms with E-state index in [0.717, 1.165) is 5.56 Å². The van der Waals surface area contributed by atoms with Gasteiger partial charge in [0.2, 0.25) is 5.91 Å². The van der Waals surface area contributed by atoms with Crippen LogP contribution in [-0.4, -0.2) is 30.9 Å². The van der Waals surface area contributed by atoms with E-state index in [1.54, 1.807) is 18.2 Å². The Hall–Kier alpha value is -3.15. The zero-order valence-corrected chi connectivity index (χ0v) is 14.0. The highest BCUT2D eigenvalue weighted by molar-refractivity contribution is 5.94. The van der Waals surface area contributed by atoms with Crippen LogP contribution in [0.2, 0.25) is 0 Å². The third-order valence-corrected chi connectivity index (χ3v) is 3.33. The Morgan fingerprint density at radius 2 is 1.76 bits per heavy atom. The molecule has 2 N–H and O–H groups in total. The second-order valence-corrected chi connectivity index (χ2v) is 5.42. The smallest absolute Gasteiger partial charge is 0.338 e. The molecule has 25 heavy (non-hydrogen) atoms. The van der Waals surface area contributed by atoms with Crippen molar-refractivity contribution in [2.45, 2.75) is 13.3 Å². The van der Waals surface area contributed by atoms with Gasteiger partial charge in [-0.15, -0.1) is 0 Å². The molecule has 6 nitrogen and oxygen atoms in total. The minimum absolute atomic E-state index is 0.233. The highest BCUT2D eigenvalue weighted by Crippen LogP contribution is 2.11. The van der Waals surface area contributed by atoms with Crippen molar-refractivity contribution >= 4 is 23.5 Å². The molecule has 0 radical (unpaired) electrons. The quantitative estimate of drug-likeness (QED) is 0.757. The largest absolute Gasteiger partial charge is 0.452 e. The number of carbonyl (C=O) groups excluding carboxylic acids is 3. The second kappa shape index (κ2) is 9.22. The molecule has 0 atom stereocenters. The van der Waals surface area contributed by atoms with Crippen molar-refractivity contribution in [3.63, 3.8) is 0 Å². The minimum Gasteiger partial charge on any atom is -0.452 e. The predicted molar refractivity (Wildman–Crippen MR) is 94.2 cm³/mol. The molecule has 0 spiro atoms. The Morgan fingerprint density at radius 3 is 2.48 bits per heavy atom. The molecule has 0 aliphatic heterocycles. The molecule has 0 bridgehead atoms. The summed E-state index contributed by atoms with van der Waals surface area (Å²) in [5, 5.41) is 5.28. The lowest BCUT2D eigenvalue weighted by Crippen LogP contribution is -2.30. The minimum atomic E-state index is -0.620. The zero-order chi connectivity index (χ0) is 18.1. The van der Waals surface area contributed by atoms with Gasteiger partial charge >= 0.3 is 5.97 Å². The van der Waals surface area contributed by atoms with Crippen LogP contribution in [0.15, 0.2) is 54.6 Å². The lowest BCUT2D eigenvalue weighted by Gasteiger charge is -2.08. The molecule has 2 aromatic rings. The fraction of sp³-hybridized carbons (Fsp3) is 0.211. The highest BCUT2D eigenvalue weighted by Gasteiger charge is 2.11. The molecule has 0 fully saturated rings. The lowest BCUT2D eigenvalue weighted by molar-refractivity contribution is -0.124. The van der Waals surface area contributed by atoms with Gasteiger partial charge in [-0.3, -0.25) is 9.59 Å². The summed E-state index contributed by atoms with van der Waals surface area (Å²) in [6.07, 6.45) is 0.708. The molecule has 2 rings (SSSR count). The van der Waals surface area contributed by atoms with Gasteiger partial charge in [-0.25, -0.2) is 4.79 Å². The summed E-state index contributed by atoms with van der Waals surface area (Å²) in [5.41, 5.74) is 1.88. The van der Waals surface area contributed by atoms with Crippen LogP contribution in [-0.2, 0) is 20.7 Å². The maximum Gasteiger partial charge on any atom is 0.338 e. The zero-order valence-electron chi connectivity index (χ0n) is 14.0. The summed E-state index contributed by atoms with van der Waals surface area (Å²) in [6, 6.07) is 16.1. The van der Waals surface area contributed by atoms with E-state index in [9.17, 15) is 14.4 Å². The molecule has 2 aromatic carbocycles. The van der Waals surface area contributed by atoms with E-state index < -0.39 is 5.97 Å². The fourth-order valence-corrected chi connectivity index (χ4v) is 2.18. The fourth-order valence-electron chi connectivity index (χ4n) is 2.18. The Morgan fingerprint density at radius 1 is 1.00 bits per heavy atom. The van der Waals surface area contributed by atoms with E-state index in [1.165, 1.54) is 13.0 Å². The third-order valence-electron chi connectivity index (χ3n) is 3.33. The molecular weight excluding hydrogens is 320 g/mol. The van der Waals surface area contributed by atoms with Gasteiger partial charge in [-0.2, -0.15) is 0 Å². The summed E-state index contributed by atoms with van der Waals surface area (Å²) in [5.74, 6) is -1.21. The van der Waals surface area contributed by atoms with Crippen molar-refractivity contribution in [1.82, 2.24) is 5.32 Å². The first kappa shape index (κ1) is 18.2. The molecular formula is C19H20N2O4. The van der Waals surface area contributed by atoms with Crippen molar-refractivity contribution in [3.05, 3.63) is 65.7 Å². The Kier molecular flexibility index (Phi) is 6.71. The molecule has 6 heteroatoms. The van der Waals surface area contributed by atoms with E-state index in [-0.39, 0.29) is 24.0 Å². The molecule has 130 valence electrons.